The summed E-state index contributed by atoms with van der Waals surface area (Å²) in [6.07, 6.45) is 5.23. The van der Waals surface area contributed by atoms with Gasteiger partial charge in [0.15, 0.2) is 0 Å². The van der Waals surface area contributed by atoms with E-state index in [1.54, 1.807) is 0 Å². The number of carbonyl (C=O) groups excluding carboxylic acids is 2. The summed E-state index contributed by atoms with van der Waals surface area (Å²) in [4.78, 5) is 26.6. The lowest BCUT2D eigenvalue weighted by molar-refractivity contribution is -0.142. The first-order valence-corrected chi connectivity index (χ1v) is 8.44. The van der Waals surface area contributed by atoms with Gasteiger partial charge in [0, 0.05) is 19.0 Å². The smallest absolute Gasteiger partial charge is 0.243 e. The van der Waals surface area contributed by atoms with E-state index in [2.05, 4.69) is 17.6 Å². The molecule has 0 radical (unpaired) electrons. The molecule has 0 aromatic heterocycles. The first-order valence-electron chi connectivity index (χ1n) is 8.44. The Morgan fingerprint density at radius 1 is 1.27 bits per heavy atom. The highest BCUT2D eigenvalue weighted by Gasteiger charge is 2.33. The highest BCUT2D eigenvalue weighted by Crippen LogP contribution is 2.20. The summed E-state index contributed by atoms with van der Waals surface area (Å²) < 4.78 is 0. The minimum Gasteiger partial charge on any atom is -0.351 e. The van der Waals surface area contributed by atoms with Crippen LogP contribution in [0.2, 0.25) is 0 Å². The minimum absolute atomic E-state index is 0. The lowest BCUT2D eigenvalue weighted by atomic mass is 9.94. The van der Waals surface area contributed by atoms with E-state index in [1.807, 2.05) is 11.8 Å². The predicted molar refractivity (Wildman–Crippen MR) is 90.1 cm³/mol. The molecule has 0 spiro atoms. The molecule has 2 N–H and O–H groups in total. The van der Waals surface area contributed by atoms with Crippen LogP contribution in [0.1, 0.15) is 52.4 Å². The van der Waals surface area contributed by atoms with E-state index in [9.17, 15) is 9.59 Å². The van der Waals surface area contributed by atoms with Gasteiger partial charge in [-0.2, -0.15) is 0 Å². The summed E-state index contributed by atoms with van der Waals surface area (Å²) in [5, 5.41) is 6.54. The van der Waals surface area contributed by atoms with E-state index in [4.69, 9.17) is 0 Å². The highest BCUT2D eigenvalue weighted by molar-refractivity contribution is 5.88. The van der Waals surface area contributed by atoms with Crippen LogP contribution in [0.15, 0.2) is 0 Å². The summed E-state index contributed by atoms with van der Waals surface area (Å²) in [5.41, 5.74) is 0. The van der Waals surface area contributed by atoms with Crippen molar-refractivity contribution in [3.63, 3.8) is 0 Å². The van der Waals surface area contributed by atoms with Gasteiger partial charge >= 0.3 is 0 Å². The number of likely N-dealkylation sites (tertiary alicyclic amines) is 1. The van der Waals surface area contributed by atoms with Crippen LogP contribution >= 0.6 is 12.4 Å². The average molecular weight is 332 g/mol. The maximum Gasteiger partial charge on any atom is 0.243 e. The topological polar surface area (TPSA) is 61.4 Å². The number of halogens is 1. The minimum atomic E-state index is -0.250. The number of amides is 2. The van der Waals surface area contributed by atoms with Crippen LogP contribution in [-0.4, -0.2) is 48.4 Å². The molecular weight excluding hydrogens is 302 g/mol. The molecule has 0 aliphatic carbocycles. The van der Waals surface area contributed by atoms with Crippen LogP contribution in [0, 0.1) is 5.92 Å². The monoisotopic (exact) mass is 331 g/mol. The third-order valence-corrected chi connectivity index (χ3v) is 4.70. The molecule has 0 aromatic rings. The van der Waals surface area contributed by atoms with E-state index in [0.717, 1.165) is 51.7 Å². The molecule has 2 aliphatic rings. The fourth-order valence-electron chi connectivity index (χ4n) is 3.37. The lowest BCUT2D eigenvalue weighted by Crippen LogP contribution is -2.56. The molecule has 0 bridgehead atoms. The molecule has 2 fully saturated rings. The van der Waals surface area contributed by atoms with Gasteiger partial charge in [0.25, 0.3) is 0 Å². The van der Waals surface area contributed by atoms with Crippen molar-refractivity contribution in [2.45, 2.75) is 64.5 Å². The molecule has 3 atom stereocenters. The van der Waals surface area contributed by atoms with E-state index < -0.39 is 0 Å². The van der Waals surface area contributed by atoms with Gasteiger partial charge in [0.2, 0.25) is 11.8 Å². The Morgan fingerprint density at radius 2 is 2.05 bits per heavy atom. The molecule has 2 aliphatic heterocycles. The number of piperidine rings is 2. The largest absolute Gasteiger partial charge is 0.351 e. The summed E-state index contributed by atoms with van der Waals surface area (Å²) in [7, 11) is 0. The highest BCUT2D eigenvalue weighted by atomic mass is 35.5. The summed E-state index contributed by atoms with van der Waals surface area (Å²) in [6.45, 7) is 6.82. The van der Waals surface area contributed by atoms with Crippen molar-refractivity contribution in [2.24, 2.45) is 5.92 Å². The Kier molecular flexibility index (Phi) is 8.18. The molecule has 2 saturated heterocycles. The van der Waals surface area contributed by atoms with Crippen LogP contribution in [0.3, 0.4) is 0 Å². The third kappa shape index (κ3) is 4.85. The molecule has 128 valence electrons. The number of nitrogens with one attached hydrogen (secondary N) is 2. The normalized spacial score (nSPS) is 28.6. The van der Waals surface area contributed by atoms with Crippen molar-refractivity contribution in [1.29, 1.82) is 0 Å². The second-order valence-corrected chi connectivity index (χ2v) is 6.43. The fourth-order valence-corrected chi connectivity index (χ4v) is 3.37. The molecule has 0 saturated carbocycles. The van der Waals surface area contributed by atoms with Gasteiger partial charge < -0.3 is 15.5 Å². The quantitative estimate of drug-likeness (QED) is 0.824. The van der Waals surface area contributed by atoms with Gasteiger partial charge in [0.1, 0.15) is 6.04 Å². The van der Waals surface area contributed by atoms with Gasteiger partial charge in [0.05, 0.1) is 0 Å². The number of hydrogen-bond acceptors (Lipinski definition) is 3. The van der Waals surface area contributed by atoms with Gasteiger partial charge in [-0.05, 0) is 51.1 Å². The Labute approximate surface area is 140 Å². The van der Waals surface area contributed by atoms with E-state index in [1.165, 1.54) is 0 Å². The van der Waals surface area contributed by atoms with Crippen LogP contribution in [0.4, 0.5) is 0 Å². The Hall–Kier alpha value is -0.810. The van der Waals surface area contributed by atoms with E-state index in [0.29, 0.717) is 12.3 Å². The zero-order chi connectivity index (χ0) is 15.2. The van der Waals surface area contributed by atoms with Crippen molar-refractivity contribution < 1.29 is 9.59 Å². The maximum absolute atomic E-state index is 12.6. The second kappa shape index (κ2) is 9.36. The van der Waals surface area contributed by atoms with Crippen molar-refractivity contribution >= 4 is 24.2 Å². The Balaban J connectivity index is 0.00000242. The molecule has 6 heteroatoms. The van der Waals surface area contributed by atoms with Gasteiger partial charge in [-0.25, -0.2) is 0 Å². The standard InChI is InChI=1S/C16H29N3O2.ClH/c1-3-6-15(20)19-10-5-4-7-14(19)16(21)18-13-8-9-17-11-12(13)2;/h12-14,17H,3-11H2,1-2H3,(H,18,21);1H. The van der Waals surface area contributed by atoms with Crippen LogP contribution < -0.4 is 10.6 Å². The van der Waals surface area contributed by atoms with Crippen LogP contribution in [-0.2, 0) is 9.59 Å². The zero-order valence-electron chi connectivity index (χ0n) is 13.8. The first-order chi connectivity index (χ1) is 10.1. The summed E-state index contributed by atoms with van der Waals surface area (Å²) in [5.74, 6) is 0.639. The number of rotatable bonds is 4. The average Bonchev–Trinajstić information content (AvgIpc) is 2.50. The van der Waals surface area contributed by atoms with Crippen molar-refractivity contribution in [3.8, 4) is 0 Å². The Bertz CT molecular complexity index is 378. The van der Waals surface area contributed by atoms with Crippen molar-refractivity contribution in [1.82, 2.24) is 15.5 Å². The number of carbonyl (C=O) groups is 2. The molecular formula is C16H30ClN3O2. The molecule has 22 heavy (non-hydrogen) atoms. The fraction of sp³-hybridized carbons (Fsp3) is 0.875. The van der Waals surface area contributed by atoms with E-state index >= 15 is 0 Å². The van der Waals surface area contributed by atoms with Crippen molar-refractivity contribution in [3.05, 3.63) is 0 Å². The molecule has 5 nitrogen and oxygen atoms in total. The first kappa shape index (κ1) is 19.2. The van der Waals surface area contributed by atoms with Gasteiger partial charge in [-0.15, -0.1) is 12.4 Å². The molecule has 2 amide bonds. The molecule has 0 aromatic carbocycles. The second-order valence-electron chi connectivity index (χ2n) is 6.43. The zero-order valence-corrected chi connectivity index (χ0v) is 14.6. The summed E-state index contributed by atoms with van der Waals surface area (Å²) in [6, 6.07) is -0.0105. The molecule has 3 unspecified atom stereocenters. The van der Waals surface area contributed by atoms with Gasteiger partial charge in [-0.1, -0.05) is 13.8 Å². The van der Waals surface area contributed by atoms with Crippen LogP contribution in [0.5, 0.6) is 0 Å². The third-order valence-electron chi connectivity index (χ3n) is 4.70. The lowest BCUT2D eigenvalue weighted by Gasteiger charge is -2.37. The predicted octanol–water partition coefficient (Wildman–Crippen LogP) is 1.70. The maximum atomic E-state index is 12.6. The van der Waals surface area contributed by atoms with E-state index in [-0.39, 0.29) is 36.3 Å². The molecule has 2 rings (SSSR count). The SMILES string of the molecule is CCCC(=O)N1CCCCC1C(=O)NC1CCNCC1C.Cl. The number of hydrogen-bond donors (Lipinski definition) is 2. The Morgan fingerprint density at radius 3 is 2.73 bits per heavy atom. The molecule has 2 heterocycles. The van der Waals surface area contributed by atoms with Gasteiger partial charge in [-0.3, -0.25) is 9.59 Å². The van der Waals surface area contributed by atoms with Crippen LogP contribution in [0.25, 0.3) is 0 Å². The summed E-state index contributed by atoms with van der Waals surface area (Å²) >= 11 is 0. The number of nitrogens with zero attached hydrogens (tertiary/aromatic N) is 1. The van der Waals surface area contributed by atoms with Crippen molar-refractivity contribution in [2.75, 3.05) is 19.6 Å².